The monoisotopic (exact) mass is 199 g/mol. The second-order valence-electron chi connectivity index (χ2n) is 4.61. The van der Waals surface area contributed by atoms with E-state index in [1.54, 1.807) is 0 Å². The SMILES string of the molecule is CCCCCN(C)[C@@H]1CCCC[C@H]1O. The van der Waals surface area contributed by atoms with E-state index in [4.69, 9.17) is 0 Å². The first-order chi connectivity index (χ1) is 6.75. The number of likely N-dealkylation sites (N-methyl/N-ethyl adjacent to an activating group) is 1. The van der Waals surface area contributed by atoms with Gasteiger partial charge in [-0.05, 0) is 32.9 Å². The van der Waals surface area contributed by atoms with Crippen LogP contribution in [0.5, 0.6) is 0 Å². The Balaban J connectivity index is 2.23. The van der Waals surface area contributed by atoms with Crippen molar-refractivity contribution in [2.75, 3.05) is 13.6 Å². The highest BCUT2D eigenvalue weighted by atomic mass is 16.3. The quantitative estimate of drug-likeness (QED) is 0.687. The van der Waals surface area contributed by atoms with E-state index in [1.807, 2.05) is 0 Å². The van der Waals surface area contributed by atoms with Gasteiger partial charge in [0.1, 0.15) is 0 Å². The van der Waals surface area contributed by atoms with Crippen LogP contribution in [0.15, 0.2) is 0 Å². The van der Waals surface area contributed by atoms with Crippen molar-refractivity contribution in [3.05, 3.63) is 0 Å². The Morgan fingerprint density at radius 2 is 1.93 bits per heavy atom. The van der Waals surface area contributed by atoms with Crippen LogP contribution < -0.4 is 0 Å². The van der Waals surface area contributed by atoms with E-state index in [0.717, 1.165) is 13.0 Å². The Morgan fingerprint density at radius 3 is 2.57 bits per heavy atom. The molecule has 0 aromatic rings. The van der Waals surface area contributed by atoms with Crippen LogP contribution in [0.25, 0.3) is 0 Å². The fourth-order valence-corrected chi connectivity index (χ4v) is 2.38. The fraction of sp³-hybridized carbons (Fsp3) is 1.00. The molecular weight excluding hydrogens is 174 g/mol. The highest BCUT2D eigenvalue weighted by Gasteiger charge is 2.25. The lowest BCUT2D eigenvalue weighted by atomic mass is 9.91. The number of hydrogen-bond acceptors (Lipinski definition) is 2. The van der Waals surface area contributed by atoms with Gasteiger partial charge >= 0.3 is 0 Å². The molecule has 0 unspecified atom stereocenters. The van der Waals surface area contributed by atoms with E-state index >= 15 is 0 Å². The average Bonchev–Trinajstić information content (AvgIpc) is 2.18. The summed E-state index contributed by atoms with van der Waals surface area (Å²) in [5.41, 5.74) is 0. The highest BCUT2D eigenvalue weighted by molar-refractivity contribution is 4.81. The summed E-state index contributed by atoms with van der Waals surface area (Å²) in [6.45, 7) is 3.38. The van der Waals surface area contributed by atoms with Gasteiger partial charge in [0.25, 0.3) is 0 Å². The number of unbranched alkanes of at least 4 members (excludes halogenated alkanes) is 2. The summed E-state index contributed by atoms with van der Waals surface area (Å²) in [5.74, 6) is 0. The van der Waals surface area contributed by atoms with Gasteiger partial charge in [-0.2, -0.15) is 0 Å². The smallest absolute Gasteiger partial charge is 0.0695 e. The largest absolute Gasteiger partial charge is 0.391 e. The van der Waals surface area contributed by atoms with Crippen molar-refractivity contribution in [1.29, 1.82) is 0 Å². The van der Waals surface area contributed by atoms with Crippen molar-refractivity contribution in [2.24, 2.45) is 0 Å². The van der Waals surface area contributed by atoms with Crippen molar-refractivity contribution in [2.45, 2.75) is 64.0 Å². The number of nitrogens with zero attached hydrogens (tertiary/aromatic N) is 1. The first-order valence-electron chi connectivity index (χ1n) is 6.14. The Kier molecular flexibility index (Phi) is 5.49. The van der Waals surface area contributed by atoms with Gasteiger partial charge in [0.2, 0.25) is 0 Å². The molecule has 0 heterocycles. The summed E-state index contributed by atoms with van der Waals surface area (Å²) in [6, 6.07) is 0.431. The molecule has 0 aliphatic heterocycles. The topological polar surface area (TPSA) is 23.5 Å². The van der Waals surface area contributed by atoms with Crippen LogP contribution >= 0.6 is 0 Å². The van der Waals surface area contributed by atoms with Crippen LogP contribution in [-0.4, -0.2) is 35.7 Å². The van der Waals surface area contributed by atoms with Gasteiger partial charge < -0.3 is 10.0 Å². The number of aliphatic hydroxyl groups is 1. The lowest BCUT2D eigenvalue weighted by Gasteiger charge is -2.35. The van der Waals surface area contributed by atoms with Gasteiger partial charge in [-0.3, -0.25) is 0 Å². The molecule has 1 N–H and O–H groups in total. The predicted octanol–water partition coefficient (Wildman–Crippen LogP) is 2.41. The van der Waals surface area contributed by atoms with Gasteiger partial charge in [-0.15, -0.1) is 0 Å². The molecule has 0 amide bonds. The third kappa shape index (κ3) is 3.58. The Hall–Kier alpha value is -0.0800. The minimum atomic E-state index is -0.0737. The molecule has 0 spiro atoms. The van der Waals surface area contributed by atoms with Gasteiger partial charge in [0.15, 0.2) is 0 Å². The molecule has 1 fully saturated rings. The van der Waals surface area contributed by atoms with Crippen LogP contribution in [0.4, 0.5) is 0 Å². The normalized spacial score (nSPS) is 28.3. The van der Waals surface area contributed by atoms with Crippen molar-refractivity contribution in [3.63, 3.8) is 0 Å². The summed E-state index contributed by atoms with van der Waals surface area (Å²) >= 11 is 0. The van der Waals surface area contributed by atoms with Crippen LogP contribution in [0.1, 0.15) is 51.9 Å². The van der Waals surface area contributed by atoms with E-state index in [9.17, 15) is 5.11 Å². The van der Waals surface area contributed by atoms with E-state index in [1.165, 1.54) is 38.5 Å². The zero-order valence-electron chi connectivity index (χ0n) is 9.71. The summed E-state index contributed by atoms with van der Waals surface area (Å²) in [6.07, 6.45) is 8.48. The highest BCUT2D eigenvalue weighted by Crippen LogP contribution is 2.22. The van der Waals surface area contributed by atoms with E-state index < -0.39 is 0 Å². The van der Waals surface area contributed by atoms with Gasteiger partial charge in [0.05, 0.1) is 6.10 Å². The van der Waals surface area contributed by atoms with Gasteiger partial charge in [-0.25, -0.2) is 0 Å². The zero-order chi connectivity index (χ0) is 10.4. The Morgan fingerprint density at radius 1 is 1.21 bits per heavy atom. The Bertz CT molecular complexity index is 149. The molecule has 2 heteroatoms. The molecule has 0 radical (unpaired) electrons. The Labute approximate surface area is 88.3 Å². The minimum absolute atomic E-state index is 0.0737. The first kappa shape index (κ1) is 12.0. The molecule has 1 aliphatic carbocycles. The molecule has 0 aromatic heterocycles. The maximum absolute atomic E-state index is 9.85. The molecule has 84 valence electrons. The molecule has 1 aliphatic rings. The molecule has 0 bridgehead atoms. The minimum Gasteiger partial charge on any atom is -0.391 e. The standard InChI is InChI=1S/C12H25NO/c1-3-4-7-10-13(2)11-8-5-6-9-12(11)14/h11-12,14H,3-10H2,1-2H3/t11-,12-/m1/s1. The number of aliphatic hydroxyl groups excluding tert-OH is 1. The molecule has 2 nitrogen and oxygen atoms in total. The van der Waals surface area contributed by atoms with Crippen molar-refractivity contribution in [1.82, 2.24) is 4.90 Å². The van der Waals surface area contributed by atoms with E-state index in [2.05, 4.69) is 18.9 Å². The lowest BCUT2D eigenvalue weighted by Crippen LogP contribution is -2.43. The molecule has 0 saturated heterocycles. The van der Waals surface area contributed by atoms with Crippen LogP contribution in [0.2, 0.25) is 0 Å². The maximum atomic E-state index is 9.85. The van der Waals surface area contributed by atoms with Crippen LogP contribution in [0, 0.1) is 0 Å². The second kappa shape index (κ2) is 6.41. The van der Waals surface area contributed by atoms with Crippen LogP contribution in [-0.2, 0) is 0 Å². The molecule has 0 aromatic carbocycles. The molecular formula is C12H25NO. The van der Waals surface area contributed by atoms with E-state index in [-0.39, 0.29) is 6.10 Å². The van der Waals surface area contributed by atoms with Gasteiger partial charge in [0, 0.05) is 6.04 Å². The van der Waals surface area contributed by atoms with Crippen molar-refractivity contribution < 1.29 is 5.11 Å². The molecule has 1 saturated carbocycles. The zero-order valence-corrected chi connectivity index (χ0v) is 9.71. The predicted molar refractivity (Wildman–Crippen MR) is 60.4 cm³/mol. The first-order valence-corrected chi connectivity index (χ1v) is 6.14. The summed E-state index contributed by atoms with van der Waals surface area (Å²) in [7, 11) is 2.16. The summed E-state index contributed by atoms with van der Waals surface area (Å²) in [5, 5.41) is 9.85. The number of hydrogen-bond donors (Lipinski definition) is 1. The lowest BCUT2D eigenvalue weighted by molar-refractivity contribution is 0.0316. The van der Waals surface area contributed by atoms with Crippen molar-refractivity contribution >= 4 is 0 Å². The second-order valence-corrected chi connectivity index (χ2v) is 4.61. The third-order valence-corrected chi connectivity index (χ3v) is 3.37. The van der Waals surface area contributed by atoms with E-state index in [0.29, 0.717) is 6.04 Å². The average molecular weight is 199 g/mol. The number of rotatable bonds is 5. The molecule has 14 heavy (non-hydrogen) atoms. The van der Waals surface area contributed by atoms with Crippen LogP contribution in [0.3, 0.4) is 0 Å². The maximum Gasteiger partial charge on any atom is 0.0695 e. The summed E-state index contributed by atoms with van der Waals surface area (Å²) < 4.78 is 0. The molecule has 1 rings (SSSR count). The fourth-order valence-electron chi connectivity index (χ4n) is 2.38. The van der Waals surface area contributed by atoms with Crippen molar-refractivity contribution in [3.8, 4) is 0 Å². The molecule has 2 atom stereocenters. The third-order valence-electron chi connectivity index (χ3n) is 3.37. The van der Waals surface area contributed by atoms with Gasteiger partial charge in [-0.1, -0.05) is 32.6 Å². The summed E-state index contributed by atoms with van der Waals surface area (Å²) in [4.78, 5) is 2.36.